The van der Waals surface area contributed by atoms with E-state index in [2.05, 4.69) is 20.8 Å². The zero-order valence-corrected chi connectivity index (χ0v) is 12.9. The van der Waals surface area contributed by atoms with E-state index in [9.17, 15) is 13.2 Å². The third-order valence-corrected chi connectivity index (χ3v) is 3.46. The van der Waals surface area contributed by atoms with E-state index in [0.29, 0.717) is 0 Å². The van der Waals surface area contributed by atoms with Crippen LogP contribution in [0.5, 0.6) is 0 Å². The van der Waals surface area contributed by atoms with Crippen LogP contribution in [0.4, 0.5) is 0 Å². The van der Waals surface area contributed by atoms with Crippen LogP contribution in [0.3, 0.4) is 0 Å². The molecule has 2 N–H and O–H groups in total. The molecule has 0 rings (SSSR count). The molecule has 1 amide bonds. The Bertz CT molecular complexity index is 371. The Kier molecular flexibility index (Phi) is 6.29. The van der Waals surface area contributed by atoms with Gasteiger partial charge in [0, 0.05) is 32.3 Å². The lowest BCUT2D eigenvalue weighted by atomic mass is 9.87. The van der Waals surface area contributed by atoms with Crippen molar-refractivity contribution >= 4 is 15.7 Å². The molecule has 1 atom stereocenters. The van der Waals surface area contributed by atoms with E-state index < -0.39 is 9.84 Å². The number of nitrogens with two attached hydrogens (primary N) is 1. The molecule has 1 unspecified atom stereocenters. The van der Waals surface area contributed by atoms with Gasteiger partial charge in [-0.05, 0) is 11.8 Å². The zero-order chi connectivity index (χ0) is 14.6. The lowest BCUT2D eigenvalue weighted by molar-refractivity contribution is -0.130. The van der Waals surface area contributed by atoms with Gasteiger partial charge in [0.25, 0.3) is 0 Å². The van der Waals surface area contributed by atoms with Crippen molar-refractivity contribution in [3.05, 3.63) is 0 Å². The number of sulfone groups is 1. The molecule has 108 valence electrons. The Morgan fingerprint density at radius 2 is 1.83 bits per heavy atom. The molecule has 0 spiro atoms. The molecule has 0 aromatic rings. The predicted octanol–water partition coefficient (Wildman–Crippen LogP) is 0.643. The molecule has 0 fully saturated rings. The lowest BCUT2D eigenvalue weighted by Gasteiger charge is -2.24. The van der Waals surface area contributed by atoms with Crippen LogP contribution < -0.4 is 5.73 Å². The highest BCUT2D eigenvalue weighted by Crippen LogP contribution is 2.21. The van der Waals surface area contributed by atoms with E-state index in [1.807, 2.05) is 0 Å². The molecular weight excluding hydrogens is 252 g/mol. The second-order valence-electron chi connectivity index (χ2n) is 6.17. The highest BCUT2D eigenvalue weighted by atomic mass is 32.2. The second-order valence-corrected chi connectivity index (χ2v) is 8.43. The summed E-state index contributed by atoms with van der Waals surface area (Å²) in [6, 6.07) is -0.182. The van der Waals surface area contributed by atoms with Crippen molar-refractivity contribution < 1.29 is 13.2 Å². The summed E-state index contributed by atoms with van der Waals surface area (Å²) in [5.74, 6) is -0.112. The summed E-state index contributed by atoms with van der Waals surface area (Å²) in [5.41, 5.74) is 6.00. The first-order valence-electron chi connectivity index (χ1n) is 6.08. The fourth-order valence-electron chi connectivity index (χ4n) is 1.67. The Labute approximate surface area is 111 Å². The maximum Gasteiger partial charge on any atom is 0.223 e. The van der Waals surface area contributed by atoms with E-state index in [-0.39, 0.29) is 36.1 Å². The number of rotatable bonds is 6. The second kappa shape index (κ2) is 6.52. The van der Waals surface area contributed by atoms with E-state index in [4.69, 9.17) is 5.73 Å². The predicted molar refractivity (Wildman–Crippen MR) is 74.0 cm³/mol. The molecule has 0 heterocycles. The van der Waals surface area contributed by atoms with Crippen molar-refractivity contribution in [2.45, 2.75) is 39.7 Å². The van der Waals surface area contributed by atoms with Gasteiger partial charge in [-0.3, -0.25) is 4.79 Å². The average molecular weight is 278 g/mol. The van der Waals surface area contributed by atoms with Crippen LogP contribution in [0.2, 0.25) is 0 Å². The Morgan fingerprint density at radius 3 is 2.22 bits per heavy atom. The monoisotopic (exact) mass is 278 g/mol. The number of carbonyl (C=O) groups excluding carboxylic acids is 1. The minimum absolute atomic E-state index is 0.0102. The topological polar surface area (TPSA) is 80.5 Å². The molecule has 0 radical (unpaired) electrons. The van der Waals surface area contributed by atoms with Gasteiger partial charge in [-0.25, -0.2) is 8.42 Å². The smallest absolute Gasteiger partial charge is 0.223 e. The van der Waals surface area contributed by atoms with Crippen LogP contribution >= 0.6 is 0 Å². The summed E-state index contributed by atoms with van der Waals surface area (Å²) in [6.45, 7) is 6.44. The molecule has 0 saturated carbocycles. The van der Waals surface area contributed by atoms with Gasteiger partial charge < -0.3 is 10.6 Å². The Hall–Kier alpha value is -0.620. The van der Waals surface area contributed by atoms with Gasteiger partial charge in [0.05, 0.1) is 5.75 Å². The Morgan fingerprint density at radius 1 is 1.33 bits per heavy atom. The molecule has 5 nitrogen and oxygen atoms in total. The van der Waals surface area contributed by atoms with Gasteiger partial charge in [-0.2, -0.15) is 0 Å². The van der Waals surface area contributed by atoms with Crippen LogP contribution in [0, 0.1) is 5.41 Å². The van der Waals surface area contributed by atoms with E-state index in [1.165, 1.54) is 4.90 Å². The largest absolute Gasteiger partial charge is 0.345 e. The van der Waals surface area contributed by atoms with Gasteiger partial charge in [-0.1, -0.05) is 20.8 Å². The third-order valence-electron chi connectivity index (χ3n) is 2.53. The Balaban J connectivity index is 4.16. The van der Waals surface area contributed by atoms with Crippen LogP contribution in [0.25, 0.3) is 0 Å². The average Bonchev–Trinajstić information content (AvgIpc) is 2.09. The van der Waals surface area contributed by atoms with Gasteiger partial charge >= 0.3 is 0 Å². The van der Waals surface area contributed by atoms with Crippen molar-refractivity contribution in [2.24, 2.45) is 11.1 Å². The first kappa shape index (κ1) is 17.4. The van der Waals surface area contributed by atoms with Gasteiger partial charge in [0.1, 0.15) is 9.84 Å². The van der Waals surface area contributed by atoms with Gasteiger partial charge in [0.2, 0.25) is 5.91 Å². The summed E-state index contributed by atoms with van der Waals surface area (Å²) in [7, 11) is -1.43. The van der Waals surface area contributed by atoms with Crippen LogP contribution in [-0.4, -0.2) is 50.9 Å². The van der Waals surface area contributed by atoms with Crippen molar-refractivity contribution in [3.8, 4) is 0 Å². The van der Waals surface area contributed by atoms with Crippen molar-refractivity contribution in [1.82, 2.24) is 4.90 Å². The first-order valence-corrected chi connectivity index (χ1v) is 8.14. The molecular formula is C12H26N2O3S. The summed E-state index contributed by atoms with van der Waals surface area (Å²) < 4.78 is 22.0. The molecule has 0 saturated heterocycles. The maximum atomic E-state index is 11.8. The number of amides is 1. The maximum absolute atomic E-state index is 11.8. The molecule has 0 aliphatic heterocycles. The lowest BCUT2D eigenvalue weighted by Crippen LogP contribution is -2.37. The zero-order valence-electron chi connectivity index (χ0n) is 12.1. The quantitative estimate of drug-likeness (QED) is 0.773. The van der Waals surface area contributed by atoms with Crippen LogP contribution in [-0.2, 0) is 14.6 Å². The highest BCUT2D eigenvalue weighted by Gasteiger charge is 2.20. The van der Waals surface area contributed by atoms with Crippen LogP contribution in [0.1, 0.15) is 33.6 Å². The first-order chi connectivity index (χ1) is 7.91. The molecule has 0 aliphatic carbocycles. The van der Waals surface area contributed by atoms with Crippen LogP contribution in [0.15, 0.2) is 0 Å². The summed E-state index contributed by atoms with van der Waals surface area (Å²) in [5, 5.41) is 0. The molecule has 0 aromatic carbocycles. The van der Waals surface area contributed by atoms with E-state index in [0.717, 1.165) is 12.7 Å². The van der Waals surface area contributed by atoms with Gasteiger partial charge in [0.15, 0.2) is 0 Å². The number of hydrogen-bond donors (Lipinski definition) is 1. The standard InChI is InChI=1S/C12H26N2O3S/c1-12(2,3)9-10(13)8-11(15)14(4)6-7-18(5,16)17/h10H,6-9,13H2,1-5H3. The molecule has 0 aliphatic rings. The molecule has 18 heavy (non-hydrogen) atoms. The highest BCUT2D eigenvalue weighted by molar-refractivity contribution is 7.90. The number of nitrogens with zero attached hydrogens (tertiary/aromatic N) is 1. The van der Waals surface area contributed by atoms with Crippen molar-refractivity contribution in [1.29, 1.82) is 0 Å². The number of hydrogen-bond acceptors (Lipinski definition) is 4. The normalized spacial score (nSPS) is 14.3. The molecule has 0 bridgehead atoms. The van der Waals surface area contributed by atoms with Crippen molar-refractivity contribution in [3.63, 3.8) is 0 Å². The minimum atomic E-state index is -3.04. The fraction of sp³-hybridized carbons (Fsp3) is 0.917. The number of carbonyl (C=O) groups is 1. The third kappa shape index (κ3) is 9.41. The molecule has 0 aromatic heterocycles. The van der Waals surface area contributed by atoms with E-state index >= 15 is 0 Å². The SMILES string of the molecule is CN(CCS(C)(=O)=O)C(=O)CC(N)CC(C)(C)C. The molecule has 6 heteroatoms. The van der Waals surface area contributed by atoms with E-state index in [1.54, 1.807) is 7.05 Å². The van der Waals surface area contributed by atoms with Gasteiger partial charge in [-0.15, -0.1) is 0 Å². The summed E-state index contributed by atoms with van der Waals surface area (Å²) in [6.07, 6.45) is 2.19. The summed E-state index contributed by atoms with van der Waals surface area (Å²) >= 11 is 0. The summed E-state index contributed by atoms with van der Waals surface area (Å²) in [4.78, 5) is 13.2. The minimum Gasteiger partial charge on any atom is -0.345 e. The fourth-order valence-corrected chi connectivity index (χ4v) is 2.27. The van der Waals surface area contributed by atoms with Crippen molar-refractivity contribution in [2.75, 3.05) is 25.6 Å².